The number of aromatic amines is 1. The van der Waals surface area contributed by atoms with Crippen LogP contribution in [0.15, 0.2) is 30.3 Å². The summed E-state index contributed by atoms with van der Waals surface area (Å²) in [6, 6.07) is 10.6. The third kappa shape index (κ3) is 3.52. The molecule has 1 aromatic heterocycles. The van der Waals surface area contributed by atoms with Gasteiger partial charge in [0.1, 0.15) is 5.82 Å². The van der Waals surface area contributed by atoms with Crippen molar-refractivity contribution in [2.75, 3.05) is 11.9 Å². The van der Waals surface area contributed by atoms with Crippen LogP contribution in [0.4, 0.5) is 5.82 Å². The number of unbranched alkanes of at least 4 members (excludes halogenated alkanes) is 4. The number of hydrogen-bond acceptors (Lipinski definition) is 1. The van der Waals surface area contributed by atoms with Gasteiger partial charge in [-0.15, -0.1) is 0 Å². The summed E-state index contributed by atoms with van der Waals surface area (Å²) in [6.07, 6.45) is 6.64. The van der Waals surface area contributed by atoms with Gasteiger partial charge in [-0.25, -0.2) is 0 Å². The number of fused-ring (bicyclic) bond motifs is 1. The first-order valence-electron chi connectivity index (χ1n) is 6.72. The van der Waals surface area contributed by atoms with Gasteiger partial charge in [0.05, 0.1) is 0 Å². The highest BCUT2D eigenvalue weighted by Crippen LogP contribution is 2.17. The first-order chi connectivity index (χ1) is 8.40. The van der Waals surface area contributed by atoms with Crippen LogP contribution in [0.3, 0.4) is 0 Å². The van der Waals surface area contributed by atoms with E-state index >= 15 is 0 Å². The van der Waals surface area contributed by atoms with Crippen molar-refractivity contribution >= 4 is 16.7 Å². The Hall–Kier alpha value is -1.44. The van der Waals surface area contributed by atoms with Crippen LogP contribution in [0.25, 0.3) is 10.9 Å². The van der Waals surface area contributed by atoms with Gasteiger partial charge < -0.3 is 10.3 Å². The smallest absolute Gasteiger partial charge is 0.104 e. The van der Waals surface area contributed by atoms with E-state index in [0.717, 1.165) is 12.4 Å². The fourth-order valence-electron chi connectivity index (χ4n) is 2.12. The van der Waals surface area contributed by atoms with Gasteiger partial charge in [0.2, 0.25) is 0 Å². The molecule has 1 aromatic carbocycles. The van der Waals surface area contributed by atoms with Crippen molar-refractivity contribution in [3.05, 3.63) is 30.3 Å². The standard InChI is InChI=1S/C15H22N2/c1-2-3-4-5-8-11-16-15-12-13-9-6-7-10-14(13)17-15/h6-7,9-10,12,16-17H,2-5,8,11H2,1H3. The Balaban J connectivity index is 1.75. The Morgan fingerprint density at radius 2 is 1.88 bits per heavy atom. The number of hydrogen-bond donors (Lipinski definition) is 2. The second-order valence-corrected chi connectivity index (χ2v) is 4.61. The number of benzene rings is 1. The number of rotatable bonds is 7. The Kier molecular flexibility index (Phi) is 4.48. The lowest BCUT2D eigenvalue weighted by Gasteiger charge is -2.03. The number of aromatic nitrogens is 1. The van der Waals surface area contributed by atoms with Crippen molar-refractivity contribution in [3.63, 3.8) is 0 Å². The Bertz CT molecular complexity index is 412. The Morgan fingerprint density at radius 3 is 2.71 bits per heavy atom. The topological polar surface area (TPSA) is 27.8 Å². The first kappa shape index (κ1) is 12.0. The van der Waals surface area contributed by atoms with Crippen molar-refractivity contribution in [2.45, 2.75) is 39.0 Å². The highest BCUT2D eigenvalue weighted by molar-refractivity contribution is 5.83. The summed E-state index contributed by atoms with van der Waals surface area (Å²) in [7, 11) is 0. The molecular weight excluding hydrogens is 208 g/mol. The minimum Gasteiger partial charge on any atom is -0.372 e. The summed E-state index contributed by atoms with van der Waals surface area (Å²) in [5.74, 6) is 1.14. The molecule has 0 fully saturated rings. The van der Waals surface area contributed by atoms with Gasteiger partial charge in [0, 0.05) is 17.4 Å². The molecule has 2 N–H and O–H groups in total. The largest absolute Gasteiger partial charge is 0.372 e. The van der Waals surface area contributed by atoms with E-state index in [4.69, 9.17) is 0 Å². The van der Waals surface area contributed by atoms with E-state index in [0.29, 0.717) is 0 Å². The molecule has 2 nitrogen and oxygen atoms in total. The molecular formula is C15H22N2. The van der Waals surface area contributed by atoms with E-state index in [2.05, 4.69) is 47.6 Å². The zero-order valence-corrected chi connectivity index (χ0v) is 10.6. The van der Waals surface area contributed by atoms with Crippen LogP contribution in [0, 0.1) is 0 Å². The summed E-state index contributed by atoms with van der Waals surface area (Å²) in [4.78, 5) is 3.39. The van der Waals surface area contributed by atoms with Crippen LogP contribution in [-0.4, -0.2) is 11.5 Å². The van der Waals surface area contributed by atoms with Crippen LogP contribution < -0.4 is 5.32 Å². The summed E-state index contributed by atoms with van der Waals surface area (Å²) in [6.45, 7) is 3.32. The average Bonchev–Trinajstić information content (AvgIpc) is 2.76. The van der Waals surface area contributed by atoms with Crippen molar-refractivity contribution in [3.8, 4) is 0 Å². The third-order valence-electron chi connectivity index (χ3n) is 3.13. The molecule has 0 bridgehead atoms. The van der Waals surface area contributed by atoms with Crippen LogP contribution in [0.5, 0.6) is 0 Å². The van der Waals surface area contributed by atoms with Gasteiger partial charge in [-0.2, -0.15) is 0 Å². The molecule has 0 radical (unpaired) electrons. The summed E-state index contributed by atoms with van der Waals surface area (Å²) < 4.78 is 0. The van der Waals surface area contributed by atoms with Gasteiger partial charge >= 0.3 is 0 Å². The monoisotopic (exact) mass is 230 g/mol. The van der Waals surface area contributed by atoms with Crippen LogP contribution in [0.2, 0.25) is 0 Å². The quantitative estimate of drug-likeness (QED) is 0.671. The highest BCUT2D eigenvalue weighted by Gasteiger charge is 1.98. The van der Waals surface area contributed by atoms with Gasteiger partial charge in [-0.1, -0.05) is 50.8 Å². The molecule has 0 atom stereocenters. The van der Waals surface area contributed by atoms with Crippen molar-refractivity contribution in [1.82, 2.24) is 4.98 Å². The molecule has 0 saturated heterocycles. The lowest BCUT2D eigenvalue weighted by atomic mass is 10.1. The average molecular weight is 230 g/mol. The Morgan fingerprint density at radius 1 is 1.06 bits per heavy atom. The maximum Gasteiger partial charge on any atom is 0.104 e. The maximum absolute atomic E-state index is 3.46. The van der Waals surface area contributed by atoms with E-state index < -0.39 is 0 Å². The fraction of sp³-hybridized carbons (Fsp3) is 0.467. The predicted molar refractivity (Wildman–Crippen MR) is 75.5 cm³/mol. The molecule has 0 amide bonds. The molecule has 0 saturated carbocycles. The predicted octanol–water partition coefficient (Wildman–Crippen LogP) is 4.55. The number of nitrogens with one attached hydrogen (secondary N) is 2. The first-order valence-corrected chi connectivity index (χ1v) is 6.72. The molecule has 2 rings (SSSR count). The SMILES string of the molecule is CCCCCCCNc1cc2ccccc2[nH]1. The van der Waals surface area contributed by atoms with Crippen molar-refractivity contribution in [2.24, 2.45) is 0 Å². The number of anilines is 1. The zero-order chi connectivity index (χ0) is 11.9. The van der Waals surface area contributed by atoms with E-state index in [1.807, 2.05) is 0 Å². The summed E-state index contributed by atoms with van der Waals surface area (Å²) >= 11 is 0. The Labute approximate surface area is 103 Å². The van der Waals surface area contributed by atoms with Crippen LogP contribution in [0.1, 0.15) is 39.0 Å². The van der Waals surface area contributed by atoms with Gasteiger partial charge in [-0.05, 0) is 18.6 Å². The highest BCUT2D eigenvalue weighted by atomic mass is 15.0. The minimum atomic E-state index is 1.07. The minimum absolute atomic E-state index is 1.07. The molecule has 0 aliphatic carbocycles. The van der Waals surface area contributed by atoms with E-state index in [9.17, 15) is 0 Å². The van der Waals surface area contributed by atoms with E-state index in [-0.39, 0.29) is 0 Å². The van der Waals surface area contributed by atoms with Crippen LogP contribution in [-0.2, 0) is 0 Å². The van der Waals surface area contributed by atoms with Crippen molar-refractivity contribution < 1.29 is 0 Å². The normalized spacial score (nSPS) is 10.9. The molecule has 2 aromatic rings. The van der Waals surface area contributed by atoms with Crippen molar-refractivity contribution in [1.29, 1.82) is 0 Å². The number of para-hydroxylation sites is 1. The van der Waals surface area contributed by atoms with E-state index in [1.165, 1.54) is 43.0 Å². The molecule has 1 heterocycles. The summed E-state index contributed by atoms with van der Waals surface area (Å²) in [5.41, 5.74) is 1.21. The molecule has 0 unspecified atom stereocenters. The fourth-order valence-corrected chi connectivity index (χ4v) is 2.12. The lowest BCUT2D eigenvalue weighted by Crippen LogP contribution is -2.01. The zero-order valence-electron chi connectivity index (χ0n) is 10.6. The third-order valence-corrected chi connectivity index (χ3v) is 3.13. The van der Waals surface area contributed by atoms with Crippen LogP contribution >= 0.6 is 0 Å². The lowest BCUT2D eigenvalue weighted by molar-refractivity contribution is 0.645. The molecule has 92 valence electrons. The summed E-state index contributed by atoms with van der Waals surface area (Å²) in [5, 5.41) is 4.73. The second kappa shape index (κ2) is 6.33. The van der Waals surface area contributed by atoms with Gasteiger partial charge in [0.25, 0.3) is 0 Å². The number of H-pyrrole nitrogens is 1. The van der Waals surface area contributed by atoms with E-state index in [1.54, 1.807) is 0 Å². The molecule has 2 heteroatoms. The molecule has 0 aliphatic heterocycles. The second-order valence-electron chi connectivity index (χ2n) is 4.61. The maximum atomic E-state index is 3.46. The molecule has 0 aliphatic rings. The molecule has 0 spiro atoms. The van der Waals surface area contributed by atoms with Gasteiger partial charge in [-0.3, -0.25) is 0 Å². The molecule has 17 heavy (non-hydrogen) atoms. The van der Waals surface area contributed by atoms with Gasteiger partial charge in [0.15, 0.2) is 0 Å².